The van der Waals surface area contributed by atoms with Crippen LogP contribution < -0.4 is 5.32 Å². The highest BCUT2D eigenvalue weighted by molar-refractivity contribution is 6.30. The summed E-state index contributed by atoms with van der Waals surface area (Å²) in [5.41, 5.74) is 1.20. The maximum atomic E-state index is 13.0. The molecule has 118 valence electrons. The molecule has 0 aliphatic heterocycles. The zero-order chi connectivity index (χ0) is 17.0. The predicted molar refractivity (Wildman–Crippen MR) is 86.9 cm³/mol. The summed E-state index contributed by atoms with van der Waals surface area (Å²) in [4.78, 5) is 22.2. The number of halogens is 2. The summed E-state index contributed by atoms with van der Waals surface area (Å²) in [5.74, 6) is -1.01. The van der Waals surface area contributed by atoms with Gasteiger partial charge in [-0.1, -0.05) is 23.7 Å². The molecule has 0 heterocycles. The van der Waals surface area contributed by atoms with Crippen LogP contribution in [0.15, 0.2) is 42.5 Å². The Balaban J connectivity index is 2.13. The molecule has 2 aromatic rings. The Morgan fingerprint density at radius 2 is 2.09 bits per heavy atom. The van der Waals surface area contributed by atoms with Gasteiger partial charge in [-0.05, 0) is 36.8 Å². The number of hydrogen-bond donors (Lipinski definition) is 1. The highest BCUT2D eigenvalue weighted by atomic mass is 35.5. The van der Waals surface area contributed by atoms with E-state index in [1.807, 2.05) is 0 Å². The van der Waals surface area contributed by atoms with Gasteiger partial charge in [-0.2, -0.15) is 0 Å². The molecule has 0 fully saturated rings. The number of nitro benzene ring substituents is 1. The molecule has 0 spiro atoms. The Morgan fingerprint density at radius 1 is 1.35 bits per heavy atom. The van der Waals surface area contributed by atoms with Crippen LogP contribution in [0.5, 0.6) is 0 Å². The highest BCUT2D eigenvalue weighted by Crippen LogP contribution is 2.25. The predicted octanol–water partition coefficient (Wildman–Crippen LogP) is 4.35. The number of carbonyl (C=O) groups is 1. The molecule has 0 aliphatic carbocycles. The van der Waals surface area contributed by atoms with E-state index in [4.69, 9.17) is 11.6 Å². The second-order valence-electron chi connectivity index (χ2n) is 4.70. The van der Waals surface area contributed by atoms with Gasteiger partial charge >= 0.3 is 0 Å². The summed E-state index contributed by atoms with van der Waals surface area (Å²) in [6.45, 7) is 1.55. The van der Waals surface area contributed by atoms with E-state index in [1.165, 1.54) is 42.5 Å². The average molecular weight is 335 g/mol. The molecule has 2 aromatic carbocycles. The number of nitrogens with zero attached hydrogens (tertiary/aromatic N) is 1. The number of carbonyl (C=O) groups excluding carboxylic acids is 1. The lowest BCUT2D eigenvalue weighted by Crippen LogP contribution is -2.09. The van der Waals surface area contributed by atoms with Crippen LogP contribution >= 0.6 is 11.6 Å². The van der Waals surface area contributed by atoms with Crippen LogP contribution in [0.1, 0.15) is 11.1 Å². The minimum atomic E-state index is -0.541. The molecule has 5 nitrogen and oxygen atoms in total. The Morgan fingerprint density at radius 3 is 2.74 bits per heavy atom. The molecule has 0 saturated heterocycles. The summed E-state index contributed by atoms with van der Waals surface area (Å²) < 4.78 is 13.0. The van der Waals surface area contributed by atoms with E-state index >= 15 is 0 Å². The molecule has 2 rings (SSSR count). The number of benzene rings is 2. The molecule has 0 aliphatic rings. The normalized spacial score (nSPS) is 10.7. The number of rotatable bonds is 4. The molecule has 23 heavy (non-hydrogen) atoms. The van der Waals surface area contributed by atoms with Gasteiger partial charge < -0.3 is 5.32 Å². The second-order valence-corrected chi connectivity index (χ2v) is 5.11. The molecule has 1 amide bonds. The number of nitro groups is 1. The van der Waals surface area contributed by atoms with Crippen LogP contribution in [0, 0.1) is 22.9 Å². The van der Waals surface area contributed by atoms with Crippen molar-refractivity contribution in [1.29, 1.82) is 0 Å². The van der Waals surface area contributed by atoms with E-state index in [0.717, 1.165) is 0 Å². The van der Waals surface area contributed by atoms with E-state index in [9.17, 15) is 19.3 Å². The van der Waals surface area contributed by atoms with Crippen molar-refractivity contribution in [1.82, 2.24) is 0 Å². The fourth-order valence-corrected chi connectivity index (χ4v) is 2.11. The van der Waals surface area contributed by atoms with Crippen LogP contribution in [-0.4, -0.2) is 10.8 Å². The van der Waals surface area contributed by atoms with Crippen molar-refractivity contribution in [3.05, 3.63) is 74.6 Å². The molecule has 7 heteroatoms. The lowest BCUT2D eigenvalue weighted by molar-refractivity contribution is -0.385. The van der Waals surface area contributed by atoms with Gasteiger partial charge in [0.2, 0.25) is 5.91 Å². The van der Waals surface area contributed by atoms with Crippen LogP contribution in [0.2, 0.25) is 5.02 Å². The van der Waals surface area contributed by atoms with Crippen molar-refractivity contribution in [3.8, 4) is 0 Å². The quantitative estimate of drug-likeness (QED) is 0.513. The van der Waals surface area contributed by atoms with Crippen molar-refractivity contribution in [2.75, 3.05) is 5.32 Å². The van der Waals surface area contributed by atoms with E-state index in [0.29, 0.717) is 16.8 Å². The fourth-order valence-electron chi connectivity index (χ4n) is 1.92. The first-order valence-electron chi connectivity index (χ1n) is 6.56. The van der Waals surface area contributed by atoms with Crippen molar-refractivity contribution in [2.45, 2.75) is 6.92 Å². The average Bonchev–Trinajstić information content (AvgIpc) is 2.50. The van der Waals surface area contributed by atoms with Gasteiger partial charge in [0.05, 0.1) is 21.2 Å². The summed E-state index contributed by atoms with van der Waals surface area (Å²) in [7, 11) is 0. The zero-order valence-corrected chi connectivity index (χ0v) is 12.8. The third-order valence-corrected chi connectivity index (χ3v) is 3.42. The third kappa shape index (κ3) is 4.14. The van der Waals surface area contributed by atoms with Crippen LogP contribution in [-0.2, 0) is 4.79 Å². The summed E-state index contributed by atoms with van der Waals surface area (Å²) in [6, 6.07) is 8.49. The SMILES string of the molecule is Cc1c(NC(=O)/C=C/c2ccc(F)c(Cl)c2)cccc1[N+](=O)[O-]. The first-order valence-corrected chi connectivity index (χ1v) is 6.94. The van der Waals surface area contributed by atoms with Gasteiger partial charge in [-0.25, -0.2) is 4.39 Å². The number of nitrogens with one attached hydrogen (secondary N) is 1. The van der Waals surface area contributed by atoms with Crippen molar-refractivity contribution in [2.24, 2.45) is 0 Å². The van der Waals surface area contributed by atoms with Crippen molar-refractivity contribution >= 4 is 35.0 Å². The van der Waals surface area contributed by atoms with Gasteiger partial charge in [0.1, 0.15) is 5.82 Å². The van der Waals surface area contributed by atoms with E-state index in [1.54, 1.807) is 13.0 Å². The van der Waals surface area contributed by atoms with Gasteiger partial charge in [-0.3, -0.25) is 14.9 Å². The molecule has 0 saturated carbocycles. The molecule has 0 aromatic heterocycles. The highest BCUT2D eigenvalue weighted by Gasteiger charge is 2.13. The lowest BCUT2D eigenvalue weighted by atomic mass is 10.1. The fraction of sp³-hybridized carbons (Fsp3) is 0.0625. The monoisotopic (exact) mass is 334 g/mol. The van der Waals surface area contributed by atoms with Gasteiger partial charge in [0, 0.05) is 12.1 Å². The maximum absolute atomic E-state index is 13.0. The Labute approximate surface area is 136 Å². The summed E-state index contributed by atoms with van der Waals surface area (Å²) >= 11 is 5.65. The second kappa shape index (κ2) is 7.02. The Bertz CT molecular complexity index is 806. The van der Waals surface area contributed by atoms with Gasteiger partial charge in [0.15, 0.2) is 0 Å². The molecule has 0 bridgehead atoms. The van der Waals surface area contributed by atoms with Crippen molar-refractivity contribution < 1.29 is 14.1 Å². The van der Waals surface area contributed by atoms with E-state index in [-0.39, 0.29) is 10.7 Å². The summed E-state index contributed by atoms with van der Waals surface area (Å²) in [5, 5.41) is 13.4. The third-order valence-electron chi connectivity index (χ3n) is 3.13. The van der Waals surface area contributed by atoms with Crippen molar-refractivity contribution in [3.63, 3.8) is 0 Å². The molecule has 0 radical (unpaired) electrons. The Hall–Kier alpha value is -2.73. The molecule has 0 unspecified atom stereocenters. The molecule has 0 atom stereocenters. The minimum Gasteiger partial charge on any atom is -0.322 e. The van der Waals surface area contributed by atoms with Gasteiger partial charge in [-0.15, -0.1) is 0 Å². The minimum absolute atomic E-state index is 0.0397. The molecular formula is C16H12ClFN2O3. The largest absolute Gasteiger partial charge is 0.322 e. The van der Waals surface area contributed by atoms with E-state index < -0.39 is 16.6 Å². The Kier molecular flexibility index (Phi) is 5.08. The number of hydrogen-bond acceptors (Lipinski definition) is 3. The number of anilines is 1. The molecular weight excluding hydrogens is 323 g/mol. The topological polar surface area (TPSA) is 72.2 Å². The number of amides is 1. The molecule has 1 N–H and O–H groups in total. The van der Waals surface area contributed by atoms with E-state index in [2.05, 4.69) is 5.32 Å². The first-order chi connectivity index (χ1) is 10.9. The summed E-state index contributed by atoms with van der Waals surface area (Å²) in [6.07, 6.45) is 2.70. The smallest absolute Gasteiger partial charge is 0.274 e. The zero-order valence-electron chi connectivity index (χ0n) is 12.0. The lowest BCUT2D eigenvalue weighted by Gasteiger charge is -2.06. The standard InChI is InChI=1S/C16H12ClFN2O3/c1-10-14(3-2-4-15(10)20(22)23)19-16(21)8-6-11-5-7-13(18)12(17)9-11/h2-9H,1H3,(H,19,21)/b8-6+. The van der Waals surface area contributed by atoms with Crippen LogP contribution in [0.25, 0.3) is 6.08 Å². The van der Waals surface area contributed by atoms with Gasteiger partial charge in [0.25, 0.3) is 5.69 Å². The van der Waals surface area contributed by atoms with Crippen LogP contribution in [0.4, 0.5) is 15.8 Å². The first kappa shape index (κ1) is 16.6. The maximum Gasteiger partial charge on any atom is 0.274 e. The van der Waals surface area contributed by atoms with Crippen LogP contribution in [0.3, 0.4) is 0 Å².